The van der Waals surface area contributed by atoms with E-state index in [1.54, 1.807) is 12.3 Å². The minimum Gasteiger partial charge on any atom is -0.384 e. The van der Waals surface area contributed by atoms with Crippen molar-refractivity contribution in [3.63, 3.8) is 0 Å². The number of amides is 1. The van der Waals surface area contributed by atoms with E-state index in [9.17, 15) is 4.79 Å². The van der Waals surface area contributed by atoms with Crippen LogP contribution < -0.4 is 5.32 Å². The van der Waals surface area contributed by atoms with Crippen molar-refractivity contribution in [2.75, 3.05) is 13.2 Å². The highest BCUT2D eigenvalue weighted by Gasteiger charge is 2.15. The highest BCUT2D eigenvalue weighted by Crippen LogP contribution is 2.26. The predicted molar refractivity (Wildman–Crippen MR) is 77.1 cm³/mol. The topological polar surface area (TPSA) is 62.2 Å². The van der Waals surface area contributed by atoms with Crippen molar-refractivity contribution in [2.45, 2.75) is 32.1 Å². The van der Waals surface area contributed by atoms with E-state index < -0.39 is 0 Å². The molecule has 20 heavy (non-hydrogen) atoms. The number of hydrogen-bond acceptors (Lipinski definition) is 3. The fourth-order valence-corrected chi connectivity index (χ4v) is 2.56. The monoisotopic (exact) mass is 272 g/mol. The number of nitrogens with zero attached hydrogens (tertiary/aromatic N) is 1. The Labute approximate surface area is 119 Å². The van der Waals surface area contributed by atoms with E-state index in [0.717, 1.165) is 18.9 Å². The van der Waals surface area contributed by atoms with Crippen molar-refractivity contribution in [2.24, 2.45) is 5.92 Å². The molecule has 1 fully saturated rings. The number of carbonyl (C=O) groups is 1. The van der Waals surface area contributed by atoms with Crippen LogP contribution in [-0.4, -0.2) is 29.1 Å². The molecular weight excluding hydrogens is 252 g/mol. The molecule has 0 atom stereocenters. The quantitative estimate of drug-likeness (QED) is 0.821. The fraction of sp³-hybridized carbons (Fsp3) is 0.500. The molecule has 106 valence electrons. The van der Waals surface area contributed by atoms with Crippen LogP contribution in [0.3, 0.4) is 0 Å². The van der Waals surface area contributed by atoms with E-state index in [-0.39, 0.29) is 12.5 Å². The van der Waals surface area contributed by atoms with E-state index in [1.165, 1.54) is 31.9 Å². The molecule has 1 aromatic rings. The lowest BCUT2D eigenvalue weighted by Gasteiger charge is -2.09. The number of pyridine rings is 1. The van der Waals surface area contributed by atoms with Crippen LogP contribution >= 0.6 is 0 Å². The van der Waals surface area contributed by atoms with Crippen molar-refractivity contribution in [1.29, 1.82) is 0 Å². The Morgan fingerprint density at radius 3 is 2.95 bits per heavy atom. The van der Waals surface area contributed by atoms with Crippen molar-refractivity contribution in [3.8, 4) is 11.8 Å². The number of aromatic nitrogens is 1. The van der Waals surface area contributed by atoms with Gasteiger partial charge in [-0.25, -0.2) is 0 Å². The Kier molecular flexibility index (Phi) is 5.57. The van der Waals surface area contributed by atoms with E-state index in [0.29, 0.717) is 11.1 Å². The van der Waals surface area contributed by atoms with E-state index in [2.05, 4.69) is 22.1 Å². The highest BCUT2D eigenvalue weighted by molar-refractivity contribution is 5.94. The number of rotatable bonds is 4. The Balaban J connectivity index is 1.85. The van der Waals surface area contributed by atoms with E-state index >= 15 is 0 Å². The molecule has 2 N–H and O–H groups in total. The lowest BCUT2D eigenvalue weighted by atomic mass is 10.0. The third-order valence-electron chi connectivity index (χ3n) is 3.63. The second-order valence-electron chi connectivity index (χ2n) is 5.12. The van der Waals surface area contributed by atoms with Gasteiger partial charge in [-0.2, -0.15) is 0 Å². The maximum absolute atomic E-state index is 12.0. The second kappa shape index (κ2) is 7.66. The summed E-state index contributed by atoms with van der Waals surface area (Å²) in [6.45, 7) is 0.522. The first-order valence-corrected chi connectivity index (χ1v) is 7.12. The van der Waals surface area contributed by atoms with Crippen LogP contribution in [0.4, 0.5) is 0 Å². The van der Waals surface area contributed by atoms with Crippen LogP contribution in [0.1, 0.15) is 48.0 Å². The first-order chi connectivity index (χ1) is 9.79. The zero-order valence-corrected chi connectivity index (χ0v) is 11.6. The van der Waals surface area contributed by atoms with Gasteiger partial charge in [0.25, 0.3) is 5.91 Å². The highest BCUT2D eigenvalue weighted by atomic mass is 16.2. The van der Waals surface area contributed by atoms with Gasteiger partial charge in [-0.1, -0.05) is 37.5 Å². The molecule has 1 saturated carbocycles. The molecule has 1 aliphatic carbocycles. The summed E-state index contributed by atoms with van der Waals surface area (Å²) in [5.41, 5.74) is 1.16. The van der Waals surface area contributed by atoms with Gasteiger partial charge < -0.3 is 10.4 Å². The van der Waals surface area contributed by atoms with Crippen molar-refractivity contribution in [3.05, 3.63) is 29.6 Å². The Bertz CT molecular complexity index is 511. The lowest BCUT2D eigenvalue weighted by molar-refractivity contribution is 0.0951. The van der Waals surface area contributed by atoms with Gasteiger partial charge in [-0.3, -0.25) is 9.78 Å². The summed E-state index contributed by atoms with van der Waals surface area (Å²) in [6, 6.07) is 1.70. The Morgan fingerprint density at radius 1 is 1.40 bits per heavy atom. The molecule has 0 aliphatic heterocycles. The SMILES string of the molecule is O=C(NCCC1CCCC1)c1cncc(C#CCO)c1. The summed E-state index contributed by atoms with van der Waals surface area (Å²) in [5.74, 6) is 5.96. The van der Waals surface area contributed by atoms with Crippen LogP contribution in [0.25, 0.3) is 0 Å². The molecule has 0 saturated heterocycles. The minimum absolute atomic E-state index is 0.108. The summed E-state index contributed by atoms with van der Waals surface area (Å²) >= 11 is 0. The average Bonchev–Trinajstić information content (AvgIpc) is 2.98. The van der Waals surface area contributed by atoms with Crippen LogP contribution in [0.2, 0.25) is 0 Å². The first kappa shape index (κ1) is 14.5. The van der Waals surface area contributed by atoms with Crippen molar-refractivity contribution >= 4 is 5.91 Å². The number of nitrogens with one attached hydrogen (secondary N) is 1. The fourth-order valence-electron chi connectivity index (χ4n) is 2.56. The molecule has 0 spiro atoms. The normalized spacial score (nSPS) is 14.7. The van der Waals surface area contributed by atoms with Gasteiger partial charge in [-0.05, 0) is 18.4 Å². The van der Waals surface area contributed by atoms with Crippen LogP contribution in [0, 0.1) is 17.8 Å². The zero-order chi connectivity index (χ0) is 14.2. The number of aliphatic hydroxyl groups excluding tert-OH is 1. The third-order valence-corrected chi connectivity index (χ3v) is 3.63. The Morgan fingerprint density at radius 2 is 2.20 bits per heavy atom. The molecule has 0 bridgehead atoms. The largest absolute Gasteiger partial charge is 0.384 e. The maximum Gasteiger partial charge on any atom is 0.252 e. The summed E-state index contributed by atoms with van der Waals surface area (Å²) < 4.78 is 0. The molecule has 4 heteroatoms. The van der Waals surface area contributed by atoms with Gasteiger partial charge in [0.15, 0.2) is 0 Å². The average molecular weight is 272 g/mol. The van der Waals surface area contributed by atoms with Gasteiger partial charge >= 0.3 is 0 Å². The smallest absolute Gasteiger partial charge is 0.252 e. The summed E-state index contributed by atoms with van der Waals surface area (Å²) in [4.78, 5) is 16.0. The summed E-state index contributed by atoms with van der Waals surface area (Å²) in [7, 11) is 0. The molecule has 1 aliphatic rings. The first-order valence-electron chi connectivity index (χ1n) is 7.12. The maximum atomic E-state index is 12.0. The predicted octanol–water partition coefficient (Wildman–Crippen LogP) is 1.74. The number of aliphatic hydroxyl groups is 1. The number of hydrogen-bond donors (Lipinski definition) is 2. The standard InChI is InChI=1S/C16H20N2O2/c19-9-3-6-14-10-15(12-17-11-14)16(20)18-8-7-13-4-1-2-5-13/h10-13,19H,1-2,4-5,7-9H2,(H,18,20). The number of carbonyl (C=O) groups excluding carboxylic acids is 1. The van der Waals surface area contributed by atoms with Crippen molar-refractivity contribution in [1.82, 2.24) is 10.3 Å². The molecule has 2 rings (SSSR count). The van der Waals surface area contributed by atoms with E-state index in [1.807, 2.05) is 0 Å². The molecule has 0 radical (unpaired) electrons. The van der Waals surface area contributed by atoms with Gasteiger partial charge in [0.05, 0.1) is 5.56 Å². The molecule has 1 aromatic heterocycles. The lowest BCUT2D eigenvalue weighted by Crippen LogP contribution is -2.25. The summed E-state index contributed by atoms with van der Waals surface area (Å²) in [5, 5.41) is 11.6. The summed E-state index contributed by atoms with van der Waals surface area (Å²) in [6.07, 6.45) is 9.42. The van der Waals surface area contributed by atoms with Gasteiger partial charge in [0.2, 0.25) is 0 Å². The van der Waals surface area contributed by atoms with Crippen LogP contribution in [0.5, 0.6) is 0 Å². The molecule has 1 amide bonds. The van der Waals surface area contributed by atoms with E-state index in [4.69, 9.17) is 5.11 Å². The minimum atomic E-state index is -0.197. The molecule has 0 aromatic carbocycles. The van der Waals surface area contributed by atoms with Gasteiger partial charge in [0, 0.05) is 24.5 Å². The third kappa shape index (κ3) is 4.36. The van der Waals surface area contributed by atoms with Crippen molar-refractivity contribution < 1.29 is 9.90 Å². The van der Waals surface area contributed by atoms with Crippen LogP contribution in [-0.2, 0) is 0 Å². The molecule has 0 unspecified atom stereocenters. The second-order valence-corrected chi connectivity index (χ2v) is 5.12. The molecular formula is C16H20N2O2. The zero-order valence-electron chi connectivity index (χ0n) is 11.6. The van der Waals surface area contributed by atoms with Crippen LogP contribution in [0.15, 0.2) is 18.5 Å². The van der Waals surface area contributed by atoms with Gasteiger partial charge in [-0.15, -0.1) is 0 Å². The molecule has 1 heterocycles. The van der Waals surface area contributed by atoms with Gasteiger partial charge in [0.1, 0.15) is 6.61 Å². The Hall–Kier alpha value is -1.86. The molecule has 4 nitrogen and oxygen atoms in total.